The van der Waals surface area contributed by atoms with Crippen molar-refractivity contribution in [2.24, 2.45) is 0 Å². The molecule has 26 heavy (non-hydrogen) atoms. The molecule has 1 fully saturated rings. The summed E-state index contributed by atoms with van der Waals surface area (Å²) in [6.07, 6.45) is 5.23. The lowest BCUT2D eigenvalue weighted by Gasteiger charge is -2.32. The molecule has 0 bridgehead atoms. The molecule has 4 rings (SSSR count). The highest BCUT2D eigenvalue weighted by Crippen LogP contribution is 2.29. The molecule has 1 saturated heterocycles. The molecule has 132 valence electrons. The van der Waals surface area contributed by atoms with Gasteiger partial charge in [-0.05, 0) is 55.3 Å². The number of carbonyl (C=O) groups excluding carboxylic acids is 1. The molecule has 3 aromatic rings. The topological polar surface area (TPSA) is 61.9 Å². The zero-order valence-electron chi connectivity index (χ0n) is 14.2. The normalized spacial score (nSPS) is 17.3. The molecule has 0 spiro atoms. The number of pyridine rings is 1. The summed E-state index contributed by atoms with van der Waals surface area (Å²) in [4.78, 5) is 18.5. The van der Waals surface area contributed by atoms with Gasteiger partial charge in [0.2, 0.25) is 0 Å². The number of aromatic nitrogens is 3. The Morgan fingerprint density at radius 2 is 1.92 bits per heavy atom. The quantitative estimate of drug-likeness (QED) is 0.785. The number of H-pyrrole nitrogens is 1. The molecule has 0 unspecified atom stereocenters. The van der Waals surface area contributed by atoms with Gasteiger partial charge in [-0.15, -0.1) is 0 Å². The monoisotopic (exact) mass is 350 g/mol. The average molecular weight is 350 g/mol. The van der Waals surface area contributed by atoms with E-state index in [9.17, 15) is 9.18 Å². The van der Waals surface area contributed by atoms with Gasteiger partial charge in [-0.25, -0.2) is 4.39 Å². The number of nitrogens with zero attached hydrogens (tertiary/aromatic N) is 3. The van der Waals surface area contributed by atoms with Crippen molar-refractivity contribution in [3.05, 3.63) is 71.9 Å². The van der Waals surface area contributed by atoms with Crippen molar-refractivity contribution in [1.29, 1.82) is 0 Å². The highest BCUT2D eigenvalue weighted by atomic mass is 19.1. The molecular weight excluding hydrogens is 331 g/mol. The van der Waals surface area contributed by atoms with Gasteiger partial charge >= 0.3 is 0 Å². The molecule has 6 heteroatoms. The second-order valence-corrected chi connectivity index (χ2v) is 6.54. The minimum absolute atomic E-state index is 0.0374. The fourth-order valence-electron chi connectivity index (χ4n) is 3.41. The first kappa shape index (κ1) is 16.4. The van der Waals surface area contributed by atoms with E-state index < -0.39 is 0 Å². The smallest absolute Gasteiger partial charge is 0.253 e. The van der Waals surface area contributed by atoms with Crippen LogP contribution in [0.3, 0.4) is 0 Å². The van der Waals surface area contributed by atoms with Crippen LogP contribution in [-0.2, 0) is 0 Å². The van der Waals surface area contributed by atoms with Crippen LogP contribution in [0, 0.1) is 5.82 Å². The first-order valence-corrected chi connectivity index (χ1v) is 8.71. The Morgan fingerprint density at radius 3 is 2.69 bits per heavy atom. The number of benzene rings is 1. The number of aromatic amines is 1. The fourth-order valence-corrected chi connectivity index (χ4v) is 3.41. The Morgan fingerprint density at radius 1 is 1.15 bits per heavy atom. The van der Waals surface area contributed by atoms with E-state index in [1.54, 1.807) is 36.7 Å². The van der Waals surface area contributed by atoms with Crippen molar-refractivity contribution in [2.75, 3.05) is 13.1 Å². The van der Waals surface area contributed by atoms with E-state index >= 15 is 0 Å². The highest BCUT2D eigenvalue weighted by Gasteiger charge is 2.26. The highest BCUT2D eigenvalue weighted by molar-refractivity contribution is 5.94. The van der Waals surface area contributed by atoms with Gasteiger partial charge in [0.25, 0.3) is 5.91 Å². The maximum Gasteiger partial charge on any atom is 0.253 e. The Balaban J connectivity index is 1.50. The third-order valence-electron chi connectivity index (χ3n) is 4.81. The minimum Gasteiger partial charge on any atom is -0.338 e. The van der Waals surface area contributed by atoms with Crippen molar-refractivity contribution in [3.8, 4) is 11.3 Å². The molecule has 1 aliphatic heterocycles. The van der Waals surface area contributed by atoms with E-state index in [4.69, 9.17) is 0 Å². The van der Waals surface area contributed by atoms with Crippen LogP contribution < -0.4 is 0 Å². The second-order valence-electron chi connectivity index (χ2n) is 6.54. The zero-order valence-corrected chi connectivity index (χ0v) is 14.2. The molecule has 5 nitrogen and oxygen atoms in total. The number of likely N-dealkylation sites (tertiary alicyclic amines) is 1. The molecule has 1 amide bonds. The average Bonchev–Trinajstić information content (AvgIpc) is 3.19. The number of piperidine rings is 1. The lowest BCUT2D eigenvalue weighted by Crippen LogP contribution is -2.39. The fraction of sp³-hybridized carbons (Fsp3) is 0.250. The van der Waals surface area contributed by atoms with Crippen LogP contribution >= 0.6 is 0 Å². The summed E-state index contributed by atoms with van der Waals surface area (Å²) < 4.78 is 13.1. The Hall–Kier alpha value is -3.02. The van der Waals surface area contributed by atoms with Gasteiger partial charge in [0.05, 0.1) is 5.69 Å². The van der Waals surface area contributed by atoms with E-state index in [1.165, 1.54) is 12.1 Å². The number of carbonyl (C=O) groups is 1. The van der Waals surface area contributed by atoms with E-state index in [0.29, 0.717) is 12.1 Å². The standard InChI is InChI=1S/C20H19FN4O/c21-17-5-3-14(4-6-17)18-12-19(24-23-18)16-2-1-11-25(13-16)20(26)15-7-9-22-10-8-15/h3-10,12,16H,1-2,11,13H2,(H,23,24)/t16-/m1/s1. The molecule has 0 aliphatic carbocycles. The number of amides is 1. The SMILES string of the molecule is O=C(c1ccncc1)N1CCC[C@@H](c2cc(-c3ccc(F)cc3)n[nH]2)C1. The van der Waals surface area contributed by atoms with Gasteiger partial charge in [0.1, 0.15) is 5.82 Å². The predicted octanol–water partition coefficient (Wildman–Crippen LogP) is 3.63. The van der Waals surface area contributed by atoms with E-state index in [0.717, 1.165) is 36.3 Å². The summed E-state index contributed by atoms with van der Waals surface area (Å²) in [5.41, 5.74) is 3.33. The largest absolute Gasteiger partial charge is 0.338 e. The molecule has 0 saturated carbocycles. The summed E-state index contributed by atoms with van der Waals surface area (Å²) in [6, 6.07) is 11.8. The summed E-state index contributed by atoms with van der Waals surface area (Å²) >= 11 is 0. The van der Waals surface area contributed by atoms with E-state index in [-0.39, 0.29) is 17.6 Å². The third kappa shape index (κ3) is 3.35. The first-order valence-electron chi connectivity index (χ1n) is 8.71. The van der Waals surface area contributed by atoms with Crippen LogP contribution in [0.2, 0.25) is 0 Å². The van der Waals surface area contributed by atoms with Crippen LogP contribution in [-0.4, -0.2) is 39.1 Å². The molecule has 3 heterocycles. The van der Waals surface area contributed by atoms with Crippen molar-refractivity contribution < 1.29 is 9.18 Å². The number of hydrogen-bond donors (Lipinski definition) is 1. The summed E-state index contributed by atoms with van der Waals surface area (Å²) in [6.45, 7) is 1.42. The van der Waals surface area contributed by atoms with Crippen LogP contribution in [0.15, 0.2) is 54.9 Å². The summed E-state index contributed by atoms with van der Waals surface area (Å²) in [5.74, 6) is -0.00587. The van der Waals surface area contributed by atoms with Crippen LogP contribution in [0.5, 0.6) is 0 Å². The van der Waals surface area contributed by atoms with Gasteiger partial charge in [-0.3, -0.25) is 14.9 Å². The van der Waals surface area contributed by atoms with Gasteiger partial charge < -0.3 is 4.90 Å². The van der Waals surface area contributed by atoms with E-state index in [2.05, 4.69) is 15.2 Å². The molecule has 1 aromatic carbocycles. The second kappa shape index (κ2) is 7.07. The van der Waals surface area contributed by atoms with Gasteiger partial charge in [0, 0.05) is 48.2 Å². The number of halogens is 1. The minimum atomic E-state index is -0.262. The van der Waals surface area contributed by atoms with Crippen molar-refractivity contribution in [2.45, 2.75) is 18.8 Å². The first-order chi connectivity index (χ1) is 12.7. The van der Waals surface area contributed by atoms with Crippen LogP contribution in [0.1, 0.15) is 34.8 Å². The molecule has 1 aliphatic rings. The summed E-state index contributed by atoms with van der Waals surface area (Å²) in [7, 11) is 0. The number of nitrogens with one attached hydrogen (secondary N) is 1. The molecule has 0 radical (unpaired) electrons. The van der Waals surface area contributed by atoms with Crippen molar-refractivity contribution in [3.63, 3.8) is 0 Å². The van der Waals surface area contributed by atoms with Crippen LogP contribution in [0.4, 0.5) is 4.39 Å². The Kier molecular flexibility index (Phi) is 4.48. The number of hydrogen-bond acceptors (Lipinski definition) is 3. The van der Waals surface area contributed by atoms with Gasteiger partial charge in [-0.2, -0.15) is 5.10 Å². The van der Waals surface area contributed by atoms with Crippen molar-refractivity contribution in [1.82, 2.24) is 20.1 Å². The maximum atomic E-state index is 13.1. The molecule has 2 aromatic heterocycles. The van der Waals surface area contributed by atoms with E-state index in [1.807, 2.05) is 11.0 Å². The molecular formula is C20H19FN4O. The van der Waals surface area contributed by atoms with Crippen LogP contribution in [0.25, 0.3) is 11.3 Å². The lowest BCUT2D eigenvalue weighted by molar-refractivity contribution is 0.0705. The summed E-state index contributed by atoms with van der Waals surface area (Å²) in [5, 5.41) is 7.46. The van der Waals surface area contributed by atoms with Crippen molar-refractivity contribution >= 4 is 5.91 Å². The number of rotatable bonds is 3. The lowest BCUT2D eigenvalue weighted by atomic mass is 9.94. The molecule has 1 atom stereocenters. The Labute approximate surface area is 150 Å². The van der Waals surface area contributed by atoms with Gasteiger partial charge in [0.15, 0.2) is 0 Å². The zero-order chi connectivity index (χ0) is 17.9. The van der Waals surface area contributed by atoms with Gasteiger partial charge in [-0.1, -0.05) is 0 Å². The third-order valence-corrected chi connectivity index (χ3v) is 4.81. The Bertz CT molecular complexity index is 892. The maximum absolute atomic E-state index is 13.1. The predicted molar refractivity (Wildman–Crippen MR) is 96.1 cm³/mol. The molecule has 1 N–H and O–H groups in total.